The quantitative estimate of drug-likeness (QED) is 0.556. The van der Waals surface area contributed by atoms with E-state index < -0.39 is 0 Å². The standard InChI is InChI=1S/C26H26N2O2S/c29-25(16-18-28-23-13-7-8-14-24(23)31-19-26(28)30)27-17-15-22(20-9-3-1-4-10-20)21-11-5-2-6-12-21/h1-14,22H,15-19H2,(H,27,29). The number of nitrogens with one attached hydrogen (secondary N) is 1. The average Bonchev–Trinajstić information content (AvgIpc) is 2.82. The molecular formula is C26H26N2O2S. The largest absolute Gasteiger partial charge is 0.356 e. The molecular weight excluding hydrogens is 404 g/mol. The van der Waals surface area contributed by atoms with E-state index >= 15 is 0 Å². The molecule has 0 saturated heterocycles. The molecule has 1 heterocycles. The summed E-state index contributed by atoms with van der Waals surface area (Å²) in [6.45, 7) is 0.997. The Morgan fingerprint density at radius 2 is 1.52 bits per heavy atom. The van der Waals surface area contributed by atoms with Crippen molar-refractivity contribution >= 4 is 29.3 Å². The number of hydrogen-bond donors (Lipinski definition) is 1. The SMILES string of the molecule is O=C(CCN1C(=O)CSc2ccccc21)NCCC(c1ccccc1)c1ccccc1. The minimum absolute atomic E-state index is 0.0246. The molecule has 31 heavy (non-hydrogen) atoms. The van der Waals surface area contributed by atoms with Crippen LogP contribution in [0.2, 0.25) is 0 Å². The van der Waals surface area contributed by atoms with E-state index in [0.29, 0.717) is 25.3 Å². The van der Waals surface area contributed by atoms with Gasteiger partial charge in [0.1, 0.15) is 0 Å². The van der Waals surface area contributed by atoms with Crippen molar-refractivity contribution in [3.05, 3.63) is 96.1 Å². The van der Waals surface area contributed by atoms with E-state index in [-0.39, 0.29) is 17.7 Å². The maximum Gasteiger partial charge on any atom is 0.237 e. The summed E-state index contributed by atoms with van der Waals surface area (Å²) < 4.78 is 0. The molecule has 0 atom stereocenters. The van der Waals surface area contributed by atoms with Crippen molar-refractivity contribution < 1.29 is 9.59 Å². The lowest BCUT2D eigenvalue weighted by Gasteiger charge is -2.28. The van der Waals surface area contributed by atoms with Crippen LogP contribution in [-0.4, -0.2) is 30.7 Å². The lowest BCUT2D eigenvalue weighted by Crippen LogP contribution is -2.38. The zero-order chi connectivity index (χ0) is 21.5. The summed E-state index contributed by atoms with van der Waals surface area (Å²) in [6, 6.07) is 28.7. The van der Waals surface area contributed by atoms with Crippen LogP contribution >= 0.6 is 11.8 Å². The number of carbonyl (C=O) groups excluding carboxylic acids is 2. The zero-order valence-corrected chi connectivity index (χ0v) is 18.2. The lowest BCUT2D eigenvalue weighted by atomic mass is 9.88. The zero-order valence-electron chi connectivity index (χ0n) is 17.4. The fraction of sp³-hybridized carbons (Fsp3) is 0.231. The molecule has 3 aromatic carbocycles. The Labute approximate surface area is 187 Å². The summed E-state index contributed by atoms with van der Waals surface area (Å²) in [5.41, 5.74) is 3.40. The van der Waals surface area contributed by atoms with Gasteiger partial charge in [-0.25, -0.2) is 0 Å². The van der Waals surface area contributed by atoms with Crippen LogP contribution in [0.15, 0.2) is 89.8 Å². The Morgan fingerprint density at radius 3 is 2.19 bits per heavy atom. The number of thioether (sulfide) groups is 1. The third-order valence-electron chi connectivity index (χ3n) is 5.53. The molecule has 1 aliphatic heterocycles. The average molecular weight is 431 g/mol. The Hall–Kier alpha value is -3.05. The third kappa shape index (κ3) is 5.36. The van der Waals surface area contributed by atoms with Crippen LogP contribution in [0.1, 0.15) is 29.9 Å². The summed E-state index contributed by atoms with van der Waals surface area (Å²) >= 11 is 1.56. The Bertz CT molecular complexity index is 984. The van der Waals surface area contributed by atoms with Crippen LogP contribution in [0.3, 0.4) is 0 Å². The molecule has 5 heteroatoms. The number of amides is 2. The van der Waals surface area contributed by atoms with Gasteiger partial charge in [-0.3, -0.25) is 9.59 Å². The predicted octanol–water partition coefficient (Wildman–Crippen LogP) is 4.85. The molecule has 4 rings (SSSR count). The summed E-state index contributed by atoms with van der Waals surface area (Å²) in [6.07, 6.45) is 1.12. The molecule has 3 aromatic rings. The third-order valence-corrected chi connectivity index (χ3v) is 6.58. The fourth-order valence-electron chi connectivity index (χ4n) is 3.95. The van der Waals surface area contributed by atoms with Gasteiger partial charge in [0, 0.05) is 30.3 Å². The van der Waals surface area contributed by atoms with E-state index in [1.165, 1.54) is 11.1 Å². The van der Waals surface area contributed by atoms with Gasteiger partial charge in [0.2, 0.25) is 11.8 Å². The fourth-order valence-corrected chi connectivity index (χ4v) is 4.89. The number of anilines is 1. The number of fused-ring (bicyclic) bond motifs is 1. The topological polar surface area (TPSA) is 49.4 Å². The van der Waals surface area contributed by atoms with Crippen LogP contribution < -0.4 is 10.2 Å². The Morgan fingerprint density at radius 1 is 0.903 bits per heavy atom. The van der Waals surface area contributed by atoms with Gasteiger partial charge in [-0.15, -0.1) is 11.8 Å². The van der Waals surface area contributed by atoms with Gasteiger partial charge in [-0.05, 0) is 29.7 Å². The van der Waals surface area contributed by atoms with Crippen LogP contribution in [0.5, 0.6) is 0 Å². The molecule has 4 nitrogen and oxygen atoms in total. The molecule has 0 spiro atoms. The van der Waals surface area contributed by atoms with Gasteiger partial charge in [-0.1, -0.05) is 72.8 Å². The van der Waals surface area contributed by atoms with E-state index in [1.54, 1.807) is 16.7 Å². The van der Waals surface area contributed by atoms with Crippen molar-refractivity contribution in [1.29, 1.82) is 0 Å². The first-order chi connectivity index (χ1) is 15.2. The minimum Gasteiger partial charge on any atom is -0.356 e. The smallest absolute Gasteiger partial charge is 0.237 e. The second-order valence-corrected chi connectivity index (χ2v) is 8.58. The molecule has 0 unspecified atom stereocenters. The van der Waals surface area contributed by atoms with Crippen molar-refractivity contribution in [2.24, 2.45) is 0 Å². The van der Waals surface area contributed by atoms with Crippen LogP contribution in [0, 0.1) is 0 Å². The number of benzene rings is 3. The summed E-state index contributed by atoms with van der Waals surface area (Å²) in [7, 11) is 0. The highest BCUT2D eigenvalue weighted by atomic mass is 32.2. The van der Waals surface area contributed by atoms with Crippen molar-refractivity contribution in [2.75, 3.05) is 23.7 Å². The van der Waals surface area contributed by atoms with E-state index in [2.05, 4.69) is 53.8 Å². The van der Waals surface area contributed by atoms with Gasteiger partial charge < -0.3 is 10.2 Å². The first-order valence-corrected chi connectivity index (χ1v) is 11.6. The van der Waals surface area contributed by atoms with Crippen LogP contribution in [-0.2, 0) is 9.59 Å². The maximum absolute atomic E-state index is 12.5. The van der Waals surface area contributed by atoms with Gasteiger partial charge >= 0.3 is 0 Å². The highest BCUT2D eigenvalue weighted by molar-refractivity contribution is 8.00. The summed E-state index contributed by atoms with van der Waals surface area (Å²) in [4.78, 5) is 27.7. The van der Waals surface area contributed by atoms with E-state index in [0.717, 1.165) is 17.0 Å². The van der Waals surface area contributed by atoms with Gasteiger partial charge in [0.05, 0.1) is 11.4 Å². The Kier molecular flexibility index (Phi) is 7.05. The number of carbonyl (C=O) groups is 2. The van der Waals surface area contributed by atoms with Gasteiger partial charge in [-0.2, -0.15) is 0 Å². The van der Waals surface area contributed by atoms with E-state index in [4.69, 9.17) is 0 Å². The number of rotatable bonds is 8. The summed E-state index contributed by atoms with van der Waals surface area (Å²) in [5, 5.41) is 3.05. The number of hydrogen-bond acceptors (Lipinski definition) is 3. The minimum atomic E-state index is -0.0246. The number of para-hydroxylation sites is 1. The van der Waals surface area contributed by atoms with Crippen LogP contribution in [0.4, 0.5) is 5.69 Å². The molecule has 0 aliphatic carbocycles. The predicted molar refractivity (Wildman–Crippen MR) is 126 cm³/mol. The normalized spacial score (nSPS) is 13.2. The molecule has 158 valence electrons. The molecule has 0 radical (unpaired) electrons. The molecule has 0 fully saturated rings. The summed E-state index contributed by atoms with van der Waals surface area (Å²) in [5.74, 6) is 0.692. The second kappa shape index (κ2) is 10.3. The van der Waals surface area contributed by atoms with Crippen LogP contribution in [0.25, 0.3) is 0 Å². The van der Waals surface area contributed by atoms with Crippen molar-refractivity contribution in [1.82, 2.24) is 5.32 Å². The highest BCUT2D eigenvalue weighted by Crippen LogP contribution is 2.34. The van der Waals surface area contributed by atoms with Crippen molar-refractivity contribution in [2.45, 2.75) is 23.7 Å². The molecule has 0 bridgehead atoms. The molecule has 0 aromatic heterocycles. The monoisotopic (exact) mass is 430 g/mol. The molecule has 2 amide bonds. The maximum atomic E-state index is 12.5. The Balaban J connectivity index is 1.33. The van der Waals surface area contributed by atoms with E-state index in [9.17, 15) is 9.59 Å². The first-order valence-electron chi connectivity index (χ1n) is 10.6. The first kappa shape index (κ1) is 21.2. The highest BCUT2D eigenvalue weighted by Gasteiger charge is 2.24. The van der Waals surface area contributed by atoms with Gasteiger partial charge in [0.25, 0.3) is 0 Å². The van der Waals surface area contributed by atoms with Crippen molar-refractivity contribution in [3.63, 3.8) is 0 Å². The second-order valence-electron chi connectivity index (χ2n) is 7.56. The molecule has 1 N–H and O–H groups in total. The number of nitrogens with zero attached hydrogens (tertiary/aromatic N) is 1. The van der Waals surface area contributed by atoms with Crippen molar-refractivity contribution in [3.8, 4) is 0 Å². The van der Waals surface area contributed by atoms with Gasteiger partial charge in [0.15, 0.2) is 0 Å². The molecule has 0 saturated carbocycles. The van der Waals surface area contributed by atoms with E-state index in [1.807, 2.05) is 36.4 Å². The molecule has 1 aliphatic rings. The lowest BCUT2D eigenvalue weighted by molar-refractivity contribution is -0.121.